The predicted octanol–water partition coefficient (Wildman–Crippen LogP) is 7.00. The monoisotopic (exact) mass is 409 g/mol. The first-order valence-electron chi connectivity index (χ1n) is 10.0. The number of carbonyl (C=O) groups is 1. The molecule has 1 amide bonds. The van der Waals surface area contributed by atoms with E-state index in [-0.39, 0.29) is 11.8 Å². The van der Waals surface area contributed by atoms with Gasteiger partial charge in [0.25, 0.3) is 0 Å². The van der Waals surface area contributed by atoms with Gasteiger partial charge in [0, 0.05) is 22.1 Å². The van der Waals surface area contributed by atoms with E-state index in [1.54, 1.807) is 11.8 Å². The smallest absolute Gasteiger partial charge is 0.225 e. The van der Waals surface area contributed by atoms with Crippen molar-refractivity contribution in [3.05, 3.63) is 126 Å². The van der Waals surface area contributed by atoms with Crippen molar-refractivity contribution in [2.45, 2.75) is 22.1 Å². The van der Waals surface area contributed by atoms with Gasteiger partial charge in [0.15, 0.2) is 0 Å². The lowest BCUT2D eigenvalue weighted by atomic mass is 9.88. The van der Waals surface area contributed by atoms with Gasteiger partial charge in [-0.2, -0.15) is 0 Å². The molecule has 0 radical (unpaired) electrons. The van der Waals surface area contributed by atoms with Gasteiger partial charge in [-0.05, 0) is 35.4 Å². The molecule has 4 aromatic carbocycles. The zero-order valence-corrected chi connectivity index (χ0v) is 17.4. The summed E-state index contributed by atoms with van der Waals surface area (Å²) in [5.74, 6) is 0.0233. The van der Waals surface area contributed by atoms with Crippen molar-refractivity contribution < 1.29 is 4.79 Å². The van der Waals surface area contributed by atoms with E-state index in [9.17, 15) is 4.79 Å². The SMILES string of the molecule is O=C(CC(c1ccccc1)c1ccccc1)Nc1ccccc1Sc1ccccc1. The molecule has 0 atom stereocenters. The molecule has 0 saturated carbocycles. The molecule has 30 heavy (non-hydrogen) atoms. The minimum atomic E-state index is 0.00816. The van der Waals surface area contributed by atoms with E-state index in [0.717, 1.165) is 26.6 Å². The van der Waals surface area contributed by atoms with E-state index in [4.69, 9.17) is 0 Å². The number of hydrogen-bond donors (Lipinski definition) is 1. The second-order valence-corrected chi connectivity index (χ2v) is 8.15. The highest BCUT2D eigenvalue weighted by Gasteiger charge is 2.19. The van der Waals surface area contributed by atoms with Crippen LogP contribution in [-0.4, -0.2) is 5.91 Å². The van der Waals surface area contributed by atoms with Gasteiger partial charge < -0.3 is 5.32 Å². The lowest BCUT2D eigenvalue weighted by Crippen LogP contribution is -2.17. The van der Waals surface area contributed by atoms with Crippen molar-refractivity contribution in [2.75, 3.05) is 5.32 Å². The highest BCUT2D eigenvalue weighted by Crippen LogP contribution is 2.34. The Morgan fingerprint density at radius 2 is 1.17 bits per heavy atom. The zero-order valence-electron chi connectivity index (χ0n) is 16.6. The Bertz CT molecular complexity index is 1040. The number of anilines is 1. The molecule has 1 N–H and O–H groups in total. The third kappa shape index (κ3) is 5.19. The molecule has 148 valence electrons. The molecule has 3 heteroatoms. The van der Waals surface area contributed by atoms with Crippen LogP contribution in [-0.2, 0) is 4.79 Å². The predicted molar refractivity (Wildman–Crippen MR) is 125 cm³/mol. The quantitative estimate of drug-likeness (QED) is 0.356. The Labute approximate surface area is 182 Å². The number of amides is 1. The van der Waals surface area contributed by atoms with Gasteiger partial charge in [-0.3, -0.25) is 4.79 Å². The fourth-order valence-corrected chi connectivity index (χ4v) is 4.38. The highest BCUT2D eigenvalue weighted by molar-refractivity contribution is 7.99. The number of rotatable bonds is 7. The molecule has 0 unspecified atom stereocenters. The Kier molecular flexibility index (Phi) is 6.63. The van der Waals surface area contributed by atoms with Crippen LogP contribution in [0.15, 0.2) is 125 Å². The van der Waals surface area contributed by atoms with Crippen LogP contribution in [0.1, 0.15) is 23.5 Å². The normalized spacial score (nSPS) is 10.7. The van der Waals surface area contributed by atoms with Crippen LogP contribution in [0.25, 0.3) is 0 Å². The fraction of sp³-hybridized carbons (Fsp3) is 0.0741. The van der Waals surface area contributed by atoms with E-state index >= 15 is 0 Å². The highest BCUT2D eigenvalue weighted by atomic mass is 32.2. The van der Waals surface area contributed by atoms with Crippen LogP contribution in [0.4, 0.5) is 5.69 Å². The van der Waals surface area contributed by atoms with Gasteiger partial charge in [0.2, 0.25) is 5.91 Å². The maximum atomic E-state index is 13.1. The number of hydrogen-bond acceptors (Lipinski definition) is 2. The first-order valence-corrected chi connectivity index (χ1v) is 10.8. The Morgan fingerprint density at radius 3 is 1.77 bits per heavy atom. The van der Waals surface area contributed by atoms with Crippen LogP contribution in [0.2, 0.25) is 0 Å². The van der Waals surface area contributed by atoms with E-state index in [1.165, 1.54) is 0 Å². The van der Waals surface area contributed by atoms with Crippen LogP contribution >= 0.6 is 11.8 Å². The molecule has 4 rings (SSSR count). The number of nitrogens with one attached hydrogen (secondary N) is 1. The number of benzene rings is 4. The Morgan fingerprint density at radius 1 is 0.667 bits per heavy atom. The topological polar surface area (TPSA) is 29.1 Å². The fourth-order valence-electron chi connectivity index (χ4n) is 3.46. The van der Waals surface area contributed by atoms with Crippen molar-refractivity contribution in [3.63, 3.8) is 0 Å². The van der Waals surface area contributed by atoms with Crippen molar-refractivity contribution in [3.8, 4) is 0 Å². The second kappa shape index (κ2) is 9.95. The van der Waals surface area contributed by atoms with Crippen molar-refractivity contribution in [1.82, 2.24) is 0 Å². The van der Waals surface area contributed by atoms with Gasteiger partial charge in [-0.1, -0.05) is 103 Å². The van der Waals surface area contributed by atoms with Crippen LogP contribution in [0.3, 0.4) is 0 Å². The average molecular weight is 410 g/mol. The van der Waals surface area contributed by atoms with Crippen molar-refractivity contribution in [1.29, 1.82) is 0 Å². The summed E-state index contributed by atoms with van der Waals surface area (Å²) in [5, 5.41) is 3.14. The Hall–Kier alpha value is -3.30. The van der Waals surface area contributed by atoms with Gasteiger partial charge in [-0.15, -0.1) is 0 Å². The van der Waals surface area contributed by atoms with Crippen LogP contribution in [0, 0.1) is 0 Å². The van der Waals surface area contributed by atoms with Gasteiger partial charge in [0.1, 0.15) is 0 Å². The third-order valence-electron chi connectivity index (χ3n) is 4.93. The van der Waals surface area contributed by atoms with E-state index < -0.39 is 0 Å². The summed E-state index contributed by atoms with van der Waals surface area (Å²) in [5.41, 5.74) is 3.13. The van der Waals surface area contributed by atoms with E-state index in [1.807, 2.05) is 78.9 Å². The summed E-state index contributed by atoms with van der Waals surface area (Å²) in [4.78, 5) is 15.2. The molecule has 4 aromatic rings. The molecule has 0 aromatic heterocycles. The van der Waals surface area contributed by atoms with E-state index in [0.29, 0.717) is 6.42 Å². The van der Waals surface area contributed by atoms with Crippen LogP contribution < -0.4 is 5.32 Å². The first-order chi connectivity index (χ1) is 14.8. The summed E-state index contributed by atoms with van der Waals surface area (Å²) in [6.45, 7) is 0. The minimum absolute atomic E-state index is 0.00816. The molecule has 2 nitrogen and oxygen atoms in total. The summed E-state index contributed by atoms with van der Waals surface area (Å²) < 4.78 is 0. The second-order valence-electron chi connectivity index (χ2n) is 7.04. The summed E-state index contributed by atoms with van der Waals surface area (Å²) in [6, 6.07) is 38.6. The largest absolute Gasteiger partial charge is 0.325 e. The molecular formula is C27H23NOS. The molecule has 0 fully saturated rings. The molecule has 0 saturated heterocycles. The first kappa shape index (κ1) is 20.0. The lowest BCUT2D eigenvalue weighted by Gasteiger charge is -2.18. The zero-order chi connectivity index (χ0) is 20.6. The molecule has 0 aliphatic heterocycles. The summed E-state index contributed by atoms with van der Waals surface area (Å²) in [7, 11) is 0. The third-order valence-corrected chi connectivity index (χ3v) is 6.01. The summed E-state index contributed by atoms with van der Waals surface area (Å²) >= 11 is 1.65. The van der Waals surface area contributed by atoms with Crippen molar-refractivity contribution >= 4 is 23.4 Å². The van der Waals surface area contributed by atoms with Gasteiger partial charge in [-0.25, -0.2) is 0 Å². The van der Waals surface area contributed by atoms with Gasteiger partial charge >= 0.3 is 0 Å². The molecular weight excluding hydrogens is 386 g/mol. The molecule has 0 aliphatic carbocycles. The lowest BCUT2D eigenvalue weighted by molar-refractivity contribution is -0.116. The number of carbonyl (C=O) groups excluding carboxylic acids is 1. The van der Waals surface area contributed by atoms with Gasteiger partial charge in [0.05, 0.1) is 5.69 Å². The molecule has 0 bridgehead atoms. The maximum absolute atomic E-state index is 13.1. The Balaban J connectivity index is 1.53. The van der Waals surface area contributed by atoms with E-state index in [2.05, 4.69) is 41.7 Å². The summed E-state index contributed by atoms with van der Waals surface area (Å²) in [6.07, 6.45) is 0.387. The maximum Gasteiger partial charge on any atom is 0.225 e. The average Bonchev–Trinajstić information content (AvgIpc) is 2.81. The standard InChI is InChI=1S/C27H23NOS/c29-27(20-24(21-12-4-1-5-13-21)22-14-6-2-7-15-22)28-25-18-10-11-19-26(25)30-23-16-8-3-9-17-23/h1-19,24H,20H2,(H,28,29). The van der Waals surface area contributed by atoms with Crippen molar-refractivity contribution in [2.24, 2.45) is 0 Å². The molecule has 0 aliphatic rings. The van der Waals surface area contributed by atoms with Crippen LogP contribution in [0.5, 0.6) is 0 Å². The number of para-hydroxylation sites is 1. The minimum Gasteiger partial charge on any atom is -0.325 e. The molecule has 0 heterocycles. The molecule has 0 spiro atoms.